The van der Waals surface area contributed by atoms with Crippen LogP contribution in [0.25, 0.3) is 0 Å². The van der Waals surface area contributed by atoms with E-state index in [1.807, 2.05) is 0 Å². The molecule has 0 spiro atoms. The van der Waals surface area contributed by atoms with Gasteiger partial charge in [0, 0.05) is 25.4 Å². The molecule has 0 aromatic carbocycles. The number of hydrogen-bond donors (Lipinski definition) is 3. The Labute approximate surface area is 91.7 Å². The predicted octanol–water partition coefficient (Wildman–Crippen LogP) is -0.148. The van der Waals surface area contributed by atoms with Crippen LogP contribution in [0.3, 0.4) is 0 Å². The van der Waals surface area contributed by atoms with E-state index in [0.29, 0.717) is 13.0 Å². The summed E-state index contributed by atoms with van der Waals surface area (Å²) in [4.78, 5) is 28.9. The molecule has 0 atom stereocenters. The molecule has 1 aromatic heterocycles. The van der Waals surface area contributed by atoms with E-state index < -0.39 is 11.9 Å². The summed E-state index contributed by atoms with van der Waals surface area (Å²) in [6.45, 7) is 0.394. The number of carboxylic acid groups (broad SMARTS) is 1. The van der Waals surface area contributed by atoms with E-state index in [-0.39, 0.29) is 17.9 Å². The van der Waals surface area contributed by atoms with Gasteiger partial charge in [0.05, 0.1) is 0 Å². The number of carboxylic acids is 1. The lowest BCUT2D eigenvalue weighted by molar-refractivity contribution is -0.137. The van der Waals surface area contributed by atoms with E-state index in [4.69, 9.17) is 10.8 Å². The van der Waals surface area contributed by atoms with Crippen molar-refractivity contribution in [1.29, 1.82) is 0 Å². The minimum absolute atomic E-state index is 0.0535. The molecule has 0 aliphatic heterocycles. The molecule has 1 aromatic rings. The molecule has 0 aliphatic rings. The number of carbonyl (C=O) groups excluding carboxylic acids is 1. The van der Waals surface area contributed by atoms with Crippen LogP contribution in [0.1, 0.15) is 23.3 Å². The summed E-state index contributed by atoms with van der Waals surface area (Å²) in [5.41, 5.74) is 5.15. The highest BCUT2D eigenvalue weighted by Crippen LogP contribution is 2.07. The molecular formula is C9H12N4O3. The van der Waals surface area contributed by atoms with Gasteiger partial charge in [0.15, 0.2) is 11.5 Å². The number of hydrogen-bond acceptors (Lipinski definition) is 5. The molecule has 16 heavy (non-hydrogen) atoms. The summed E-state index contributed by atoms with van der Waals surface area (Å²) < 4.78 is 0. The molecule has 1 heterocycles. The van der Waals surface area contributed by atoms with E-state index >= 15 is 0 Å². The molecule has 0 saturated carbocycles. The first-order valence-electron chi connectivity index (χ1n) is 4.67. The number of nitrogens with two attached hydrogens (primary N) is 1. The molecule has 4 N–H and O–H groups in total. The standard InChI is InChI=1S/C9H12N4O3/c10-8(16)7-9(13-5-4-11-7)12-3-1-2-6(14)15/h4-5H,1-3H2,(H2,10,16)(H,12,13)(H,14,15). The second-order valence-electron chi connectivity index (χ2n) is 3.04. The summed E-state index contributed by atoms with van der Waals surface area (Å²) >= 11 is 0. The van der Waals surface area contributed by atoms with Crippen molar-refractivity contribution in [2.24, 2.45) is 5.73 Å². The minimum atomic E-state index is -0.865. The molecule has 1 amide bonds. The smallest absolute Gasteiger partial charge is 0.303 e. The van der Waals surface area contributed by atoms with Crippen LogP contribution in [0.2, 0.25) is 0 Å². The highest BCUT2D eigenvalue weighted by Gasteiger charge is 2.09. The van der Waals surface area contributed by atoms with Gasteiger partial charge in [0.2, 0.25) is 0 Å². The van der Waals surface area contributed by atoms with Crippen molar-refractivity contribution < 1.29 is 14.7 Å². The maximum Gasteiger partial charge on any atom is 0.303 e. The average molecular weight is 224 g/mol. The van der Waals surface area contributed by atoms with Crippen LogP contribution < -0.4 is 11.1 Å². The maximum atomic E-state index is 10.9. The van der Waals surface area contributed by atoms with Gasteiger partial charge in [-0.2, -0.15) is 0 Å². The number of amides is 1. The molecular weight excluding hydrogens is 212 g/mol. The summed E-state index contributed by atoms with van der Waals surface area (Å²) in [6.07, 6.45) is 3.28. The topological polar surface area (TPSA) is 118 Å². The molecule has 0 unspecified atom stereocenters. The van der Waals surface area contributed by atoms with Crippen LogP contribution in [0.15, 0.2) is 12.4 Å². The first-order valence-corrected chi connectivity index (χ1v) is 4.67. The van der Waals surface area contributed by atoms with Gasteiger partial charge in [-0.15, -0.1) is 0 Å². The zero-order valence-electron chi connectivity index (χ0n) is 8.51. The van der Waals surface area contributed by atoms with Crippen molar-refractivity contribution in [3.05, 3.63) is 18.1 Å². The van der Waals surface area contributed by atoms with Crippen LogP contribution in [-0.2, 0) is 4.79 Å². The number of aliphatic carboxylic acids is 1. The SMILES string of the molecule is NC(=O)c1nccnc1NCCCC(=O)O. The largest absolute Gasteiger partial charge is 0.481 e. The Hall–Kier alpha value is -2.18. The molecule has 0 radical (unpaired) electrons. The zero-order valence-corrected chi connectivity index (χ0v) is 8.51. The van der Waals surface area contributed by atoms with Crippen LogP contribution >= 0.6 is 0 Å². The normalized spacial score (nSPS) is 9.75. The van der Waals surface area contributed by atoms with Gasteiger partial charge < -0.3 is 16.2 Å². The third-order valence-corrected chi connectivity index (χ3v) is 1.79. The summed E-state index contributed by atoms with van der Waals surface area (Å²) in [6, 6.07) is 0. The fraction of sp³-hybridized carbons (Fsp3) is 0.333. The van der Waals surface area contributed by atoms with Gasteiger partial charge in [0.25, 0.3) is 5.91 Å². The predicted molar refractivity (Wildman–Crippen MR) is 55.9 cm³/mol. The molecule has 0 saturated heterocycles. The van der Waals surface area contributed by atoms with Crippen LogP contribution in [0.4, 0.5) is 5.82 Å². The van der Waals surface area contributed by atoms with Crippen LogP contribution in [0, 0.1) is 0 Å². The van der Waals surface area contributed by atoms with Crippen molar-refractivity contribution in [3.63, 3.8) is 0 Å². The lowest BCUT2D eigenvalue weighted by Crippen LogP contribution is -2.18. The molecule has 1 rings (SSSR count). The number of carbonyl (C=O) groups is 2. The summed E-state index contributed by atoms with van der Waals surface area (Å²) in [5, 5.41) is 11.2. The fourth-order valence-corrected chi connectivity index (χ4v) is 1.09. The van der Waals surface area contributed by atoms with Gasteiger partial charge in [-0.1, -0.05) is 0 Å². The van der Waals surface area contributed by atoms with E-state index in [9.17, 15) is 9.59 Å². The summed E-state index contributed by atoms with van der Waals surface area (Å²) in [7, 11) is 0. The van der Waals surface area contributed by atoms with E-state index in [2.05, 4.69) is 15.3 Å². The van der Waals surface area contributed by atoms with Gasteiger partial charge in [-0.3, -0.25) is 9.59 Å². The third-order valence-electron chi connectivity index (χ3n) is 1.79. The van der Waals surface area contributed by atoms with Gasteiger partial charge >= 0.3 is 5.97 Å². The number of nitrogens with one attached hydrogen (secondary N) is 1. The molecule has 86 valence electrons. The second-order valence-corrected chi connectivity index (χ2v) is 3.04. The highest BCUT2D eigenvalue weighted by molar-refractivity contribution is 5.95. The van der Waals surface area contributed by atoms with Crippen LogP contribution in [-0.4, -0.2) is 33.5 Å². The van der Waals surface area contributed by atoms with E-state index in [1.54, 1.807) is 0 Å². The quantitative estimate of drug-likeness (QED) is 0.578. The van der Waals surface area contributed by atoms with Crippen LogP contribution in [0.5, 0.6) is 0 Å². The molecule has 7 nitrogen and oxygen atoms in total. The van der Waals surface area contributed by atoms with Crippen molar-refractivity contribution in [2.75, 3.05) is 11.9 Å². The number of anilines is 1. The van der Waals surface area contributed by atoms with Crippen molar-refractivity contribution in [1.82, 2.24) is 9.97 Å². The second kappa shape index (κ2) is 5.64. The lowest BCUT2D eigenvalue weighted by atomic mass is 10.3. The number of primary amides is 1. The summed E-state index contributed by atoms with van der Waals surface area (Å²) in [5.74, 6) is -1.26. The van der Waals surface area contributed by atoms with E-state index in [0.717, 1.165) is 0 Å². The van der Waals surface area contributed by atoms with Gasteiger partial charge in [-0.05, 0) is 6.42 Å². The Bertz CT molecular complexity index is 394. The Kier molecular flexibility index (Phi) is 4.19. The van der Waals surface area contributed by atoms with Gasteiger partial charge in [-0.25, -0.2) is 9.97 Å². The Balaban J connectivity index is 2.53. The zero-order chi connectivity index (χ0) is 12.0. The van der Waals surface area contributed by atoms with Crippen molar-refractivity contribution >= 4 is 17.7 Å². The first kappa shape index (κ1) is 11.9. The number of rotatable bonds is 6. The number of nitrogens with zero attached hydrogens (tertiary/aromatic N) is 2. The Morgan fingerprint density at radius 1 is 1.38 bits per heavy atom. The first-order chi connectivity index (χ1) is 7.61. The maximum absolute atomic E-state index is 10.9. The van der Waals surface area contributed by atoms with Crippen molar-refractivity contribution in [3.8, 4) is 0 Å². The van der Waals surface area contributed by atoms with Crippen molar-refractivity contribution in [2.45, 2.75) is 12.8 Å². The fourth-order valence-electron chi connectivity index (χ4n) is 1.09. The lowest BCUT2D eigenvalue weighted by Gasteiger charge is -2.06. The Morgan fingerprint density at radius 2 is 2.06 bits per heavy atom. The van der Waals surface area contributed by atoms with Gasteiger partial charge in [0.1, 0.15) is 0 Å². The monoisotopic (exact) mass is 224 g/mol. The highest BCUT2D eigenvalue weighted by atomic mass is 16.4. The number of aromatic nitrogens is 2. The molecule has 7 heteroatoms. The average Bonchev–Trinajstić information content (AvgIpc) is 2.24. The Morgan fingerprint density at radius 3 is 2.69 bits per heavy atom. The third kappa shape index (κ3) is 3.52. The van der Waals surface area contributed by atoms with E-state index in [1.165, 1.54) is 12.4 Å². The molecule has 0 aliphatic carbocycles. The molecule has 0 fully saturated rings. The molecule has 0 bridgehead atoms. The minimum Gasteiger partial charge on any atom is -0.481 e.